The molecule has 0 saturated carbocycles. The second kappa shape index (κ2) is 2.84. The van der Waals surface area contributed by atoms with Gasteiger partial charge in [0.2, 0.25) is 0 Å². The number of nitro benzene ring substituents is 1. The van der Waals surface area contributed by atoms with Crippen molar-refractivity contribution in [2.24, 2.45) is 0 Å². The number of hydrogen-bond donors (Lipinski definition) is 0. The third-order valence-electron chi connectivity index (χ3n) is 1.10. The van der Waals surface area contributed by atoms with Crippen LogP contribution in [0.25, 0.3) is 0 Å². The Morgan fingerprint density at radius 2 is 1.80 bits per heavy atom. The summed E-state index contributed by atoms with van der Waals surface area (Å²) in [6.45, 7) is 0. The van der Waals surface area contributed by atoms with Gasteiger partial charge in [-0.15, -0.1) is 0 Å². The molecule has 0 aliphatic heterocycles. The number of non-ortho nitro benzene ring substituents is 1. The molecule has 10 heavy (non-hydrogen) atoms. The van der Waals surface area contributed by atoms with Gasteiger partial charge in [0, 0.05) is 0 Å². The van der Waals surface area contributed by atoms with Crippen LogP contribution < -0.4 is 4.35 Å². The Kier molecular flexibility index (Phi) is 2.07. The number of hydrogen-bond acceptors (Lipinski definition) is 2. The molecule has 0 radical (unpaired) electrons. The van der Waals surface area contributed by atoms with Gasteiger partial charge in [-0.05, 0) is 0 Å². The molecule has 0 aliphatic carbocycles. The first-order valence-corrected chi connectivity index (χ1v) is 3.91. The standard InChI is InChI=1S/C6H6AsNO2/c7-5-1-3-6(4-2-5)8(9)10/h1-4H,7H2. The summed E-state index contributed by atoms with van der Waals surface area (Å²) in [6, 6.07) is 6.52. The zero-order chi connectivity index (χ0) is 7.56. The van der Waals surface area contributed by atoms with Gasteiger partial charge in [0.25, 0.3) is 0 Å². The van der Waals surface area contributed by atoms with Gasteiger partial charge < -0.3 is 0 Å². The zero-order valence-electron chi connectivity index (χ0n) is 5.15. The summed E-state index contributed by atoms with van der Waals surface area (Å²) in [5.41, 5.74) is 0.154. The molecule has 0 bridgehead atoms. The van der Waals surface area contributed by atoms with Gasteiger partial charge >= 0.3 is 66.2 Å². The first-order valence-electron chi connectivity index (χ1n) is 2.70. The summed E-state index contributed by atoms with van der Waals surface area (Å²) in [5, 5.41) is 10.1. The van der Waals surface area contributed by atoms with Gasteiger partial charge in [0.05, 0.1) is 0 Å². The van der Waals surface area contributed by atoms with E-state index in [2.05, 4.69) is 0 Å². The van der Waals surface area contributed by atoms with Crippen molar-refractivity contribution in [3.05, 3.63) is 34.4 Å². The Hall–Kier alpha value is -0.822. The van der Waals surface area contributed by atoms with Crippen LogP contribution in [0.3, 0.4) is 0 Å². The fraction of sp³-hybridized carbons (Fsp3) is 0. The number of rotatable bonds is 1. The average Bonchev–Trinajstić information content (AvgIpc) is 1.88. The zero-order valence-corrected chi connectivity index (χ0v) is 7.57. The number of nitrogens with zero attached hydrogens (tertiary/aromatic N) is 1. The molecule has 0 spiro atoms. The monoisotopic (exact) mass is 199 g/mol. The number of nitro groups is 1. The van der Waals surface area contributed by atoms with E-state index in [1.807, 2.05) is 0 Å². The van der Waals surface area contributed by atoms with Crippen LogP contribution in [0, 0.1) is 10.1 Å². The molecule has 4 heteroatoms. The predicted molar refractivity (Wildman–Crippen MR) is 41.3 cm³/mol. The van der Waals surface area contributed by atoms with E-state index in [0.29, 0.717) is 0 Å². The quantitative estimate of drug-likeness (QED) is 0.358. The van der Waals surface area contributed by atoms with Crippen LogP contribution in [-0.4, -0.2) is 21.8 Å². The summed E-state index contributed by atoms with van der Waals surface area (Å²) in [7, 11) is 0. The molecule has 52 valence electrons. The molecule has 1 rings (SSSR count). The van der Waals surface area contributed by atoms with Gasteiger partial charge in [-0.3, -0.25) is 0 Å². The summed E-state index contributed by atoms with van der Waals surface area (Å²) in [4.78, 5) is 9.73. The average molecular weight is 199 g/mol. The van der Waals surface area contributed by atoms with Crippen molar-refractivity contribution < 1.29 is 4.92 Å². The minimum absolute atomic E-state index is 0.154. The van der Waals surface area contributed by atoms with Crippen LogP contribution >= 0.6 is 0 Å². The summed E-state index contributed by atoms with van der Waals surface area (Å²) in [6.07, 6.45) is 0. The Morgan fingerprint density at radius 3 is 2.20 bits per heavy atom. The second-order valence-electron chi connectivity index (χ2n) is 1.85. The van der Waals surface area contributed by atoms with E-state index in [1.54, 1.807) is 12.1 Å². The van der Waals surface area contributed by atoms with Crippen molar-refractivity contribution in [1.29, 1.82) is 0 Å². The molecule has 0 saturated heterocycles. The molecule has 0 N–H and O–H groups in total. The molecular weight excluding hydrogens is 193 g/mol. The Balaban J connectivity index is 3.00. The predicted octanol–water partition coefficient (Wildman–Crippen LogP) is -0.147. The van der Waals surface area contributed by atoms with Crippen molar-refractivity contribution in [2.45, 2.75) is 0 Å². The van der Waals surface area contributed by atoms with E-state index < -0.39 is 4.92 Å². The molecule has 0 aliphatic rings. The van der Waals surface area contributed by atoms with E-state index in [9.17, 15) is 10.1 Å². The molecule has 1 unspecified atom stereocenters. The summed E-state index contributed by atoms with van der Waals surface area (Å²) >= 11 is 1.47. The van der Waals surface area contributed by atoms with E-state index in [0.717, 1.165) is 4.35 Å². The van der Waals surface area contributed by atoms with E-state index >= 15 is 0 Å². The van der Waals surface area contributed by atoms with Crippen LogP contribution in [-0.2, 0) is 0 Å². The van der Waals surface area contributed by atoms with Crippen LogP contribution in [0.5, 0.6) is 0 Å². The van der Waals surface area contributed by atoms with Crippen LogP contribution in [0.2, 0.25) is 0 Å². The molecular formula is C6H6AsNO2. The van der Waals surface area contributed by atoms with Crippen LogP contribution in [0.15, 0.2) is 24.3 Å². The molecule has 0 aromatic heterocycles. The van der Waals surface area contributed by atoms with Gasteiger partial charge in [-0.1, -0.05) is 0 Å². The Labute approximate surface area is 66.7 Å². The molecule has 1 aromatic rings. The Bertz CT molecular complexity index is 244. The minimum atomic E-state index is -0.396. The normalized spacial score (nSPS) is 9.30. The fourth-order valence-corrected chi connectivity index (χ4v) is 1.000. The van der Waals surface area contributed by atoms with E-state index in [-0.39, 0.29) is 5.69 Å². The summed E-state index contributed by atoms with van der Waals surface area (Å²) in [5.74, 6) is 0. The Morgan fingerprint density at radius 1 is 1.30 bits per heavy atom. The molecule has 0 heterocycles. The maximum atomic E-state index is 10.1. The van der Waals surface area contributed by atoms with Crippen molar-refractivity contribution in [2.75, 3.05) is 0 Å². The topological polar surface area (TPSA) is 43.1 Å². The van der Waals surface area contributed by atoms with Crippen molar-refractivity contribution in [3.63, 3.8) is 0 Å². The first kappa shape index (κ1) is 7.29. The summed E-state index contributed by atoms with van der Waals surface area (Å²) < 4.78 is 1.10. The first-order chi connectivity index (χ1) is 4.70. The third-order valence-corrected chi connectivity index (χ3v) is 1.91. The SMILES string of the molecule is O=[N+]([O-])c1ccc([AsH2])cc1. The van der Waals surface area contributed by atoms with Gasteiger partial charge in [0.1, 0.15) is 0 Å². The van der Waals surface area contributed by atoms with Crippen molar-refractivity contribution in [3.8, 4) is 0 Å². The van der Waals surface area contributed by atoms with Crippen molar-refractivity contribution >= 4 is 26.9 Å². The van der Waals surface area contributed by atoms with Crippen LogP contribution in [0.4, 0.5) is 5.69 Å². The maximum absolute atomic E-state index is 10.1. The van der Waals surface area contributed by atoms with Gasteiger partial charge in [-0.2, -0.15) is 0 Å². The fourth-order valence-electron chi connectivity index (χ4n) is 0.596. The third kappa shape index (κ3) is 1.58. The number of benzene rings is 1. The van der Waals surface area contributed by atoms with Crippen LogP contribution in [0.1, 0.15) is 0 Å². The molecule has 1 aromatic carbocycles. The molecule has 0 amide bonds. The van der Waals surface area contributed by atoms with E-state index in [1.165, 1.54) is 29.0 Å². The van der Waals surface area contributed by atoms with Gasteiger partial charge in [-0.25, -0.2) is 0 Å². The molecule has 3 nitrogen and oxygen atoms in total. The molecule has 1 atom stereocenters. The second-order valence-corrected chi connectivity index (χ2v) is 3.25. The van der Waals surface area contributed by atoms with Crippen molar-refractivity contribution in [1.82, 2.24) is 0 Å². The van der Waals surface area contributed by atoms with Gasteiger partial charge in [0.15, 0.2) is 0 Å². The molecule has 0 fully saturated rings. The van der Waals surface area contributed by atoms with E-state index in [4.69, 9.17) is 0 Å².